The zero-order valence-corrected chi connectivity index (χ0v) is 13.5. The highest BCUT2D eigenvalue weighted by Gasteiger charge is 2.32. The second-order valence-corrected chi connectivity index (χ2v) is 5.42. The summed E-state index contributed by atoms with van der Waals surface area (Å²) in [5.41, 5.74) is 2.43. The molecule has 0 radical (unpaired) electrons. The largest absolute Gasteiger partial charge is 0.378 e. The molecular formula is C16H19N5O. The first kappa shape index (κ1) is 15.6. The van der Waals surface area contributed by atoms with Crippen LogP contribution in [0.15, 0.2) is 34.9 Å². The number of rotatable bonds is 2. The molecule has 0 atom stereocenters. The van der Waals surface area contributed by atoms with E-state index in [-0.39, 0.29) is 5.91 Å². The van der Waals surface area contributed by atoms with Crippen LogP contribution >= 0.6 is 0 Å². The number of nitrogens with zero attached hydrogens (tertiary/aromatic N) is 5. The molecule has 6 nitrogen and oxygen atoms in total. The lowest BCUT2D eigenvalue weighted by molar-refractivity contribution is -0.124. The van der Waals surface area contributed by atoms with Gasteiger partial charge in [-0.15, -0.1) is 0 Å². The summed E-state index contributed by atoms with van der Waals surface area (Å²) in [6, 6.07) is 7.57. The van der Waals surface area contributed by atoms with E-state index in [4.69, 9.17) is 6.57 Å². The highest BCUT2D eigenvalue weighted by molar-refractivity contribution is 6.28. The normalized spacial score (nSPS) is 16.3. The van der Waals surface area contributed by atoms with Gasteiger partial charge in [-0.05, 0) is 17.7 Å². The average Bonchev–Trinajstić information content (AvgIpc) is 2.77. The molecule has 0 N–H and O–H groups in total. The van der Waals surface area contributed by atoms with Crippen LogP contribution in [-0.4, -0.2) is 56.9 Å². The van der Waals surface area contributed by atoms with Crippen LogP contribution in [0.2, 0.25) is 0 Å². The third-order valence-electron chi connectivity index (χ3n) is 3.41. The van der Waals surface area contributed by atoms with Gasteiger partial charge in [0, 0.05) is 40.9 Å². The van der Waals surface area contributed by atoms with Crippen molar-refractivity contribution in [2.45, 2.75) is 0 Å². The fourth-order valence-corrected chi connectivity index (χ4v) is 2.20. The molecule has 22 heavy (non-hydrogen) atoms. The third-order valence-corrected chi connectivity index (χ3v) is 3.41. The predicted octanol–water partition coefficient (Wildman–Crippen LogP) is 1.73. The topological polar surface area (TPSA) is 43.5 Å². The molecule has 114 valence electrons. The molecule has 0 aliphatic carbocycles. The zero-order chi connectivity index (χ0) is 16.4. The van der Waals surface area contributed by atoms with Crippen molar-refractivity contribution in [2.24, 2.45) is 5.10 Å². The van der Waals surface area contributed by atoms with E-state index in [2.05, 4.69) is 9.95 Å². The van der Waals surface area contributed by atoms with Crippen molar-refractivity contribution >= 4 is 23.1 Å². The van der Waals surface area contributed by atoms with E-state index < -0.39 is 0 Å². The molecule has 0 saturated heterocycles. The molecule has 1 aromatic carbocycles. The summed E-state index contributed by atoms with van der Waals surface area (Å²) in [6.07, 6.45) is 0. The maximum absolute atomic E-state index is 12.3. The van der Waals surface area contributed by atoms with E-state index in [0.29, 0.717) is 22.7 Å². The highest BCUT2D eigenvalue weighted by atomic mass is 16.2. The first-order valence-corrected chi connectivity index (χ1v) is 6.80. The molecule has 1 heterocycles. The Labute approximate surface area is 130 Å². The van der Waals surface area contributed by atoms with E-state index in [1.807, 2.05) is 57.4 Å². The van der Waals surface area contributed by atoms with Gasteiger partial charge in [0.2, 0.25) is 5.70 Å². The molecule has 1 aromatic rings. The molecule has 1 aliphatic heterocycles. The van der Waals surface area contributed by atoms with Crippen molar-refractivity contribution < 1.29 is 4.79 Å². The highest BCUT2D eigenvalue weighted by Crippen LogP contribution is 2.28. The fraction of sp³-hybridized carbons (Fsp3) is 0.312. The molecule has 0 spiro atoms. The standard InChI is InChI=1S/C16H19N5O/c1-17-14(11-7-9-12(10-8-11)19(2)3)13-15(20(4)5)18-21(6)16(13)22/h7-10H,2-6H3. The van der Waals surface area contributed by atoms with Crippen LogP contribution in [0, 0.1) is 6.57 Å². The van der Waals surface area contributed by atoms with Gasteiger partial charge in [-0.1, -0.05) is 12.1 Å². The number of anilines is 1. The van der Waals surface area contributed by atoms with Crippen molar-refractivity contribution in [2.75, 3.05) is 40.1 Å². The second-order valence-electron chi connectivity index (χ2n) is 5.42. The number of hydrogen-bond donors (Lipinski definition) is 0. The van der Waals surface area contributed by atoms with Gasteiger partial charge in [0.1, 0.15) is 0 Å². The Morgan fingerprint density at radius 3 is 2.18 bits per heavy atom. The Kier molecular flexibility index (Phi) is 4.18. The molecule has 6 heteroatoms. The summed E-state index contributed by atoms with van der Waals surface area (Å²) >= 11 is 0. The van der Waals surface area contributed by atoms with Gasteiger partial charge in [0.05, 0.1) is 12.1 Å². The Balaban J connectivity index is 2.57. The number of benzene rings is 1. The lowest BCUT2D eigenvalue weighted by Gasteiger charge is -2.14. The quantitative estimate of drug-likeness (QED) is 0.617. The van der Waals surface area contributed by atoms with Crippen molar-refractivity contribution in [1.82, 2.24) is 9.91 Å². The molecule has 2 rings (SSSR count). The Morgan fingerprint density at radius 1 is 1.14 bits per heavy atom. The SMILES string of the molecule is [C-]#[N+]C(=C1C(=O)N(C)N=C1N(C)C)c1ccc(N(C)C)cc1. The molecule has 0 aromatic heterocycles. The van der Waals surface area contributed by atoms with Gasteiger partial charge in [-0.3, -0.25) is 4.79 Å². The first-order valence-electron chi connectivity index (χ1n) is 6.80. The van der Waals surface area contributed by atoms with Crippen LogP contribution in [-0.2, 0) is 4.79 Å². The minimum Gasteiger partial charge on any atom is -0.378 e. The molecule has 0 bridgehead atoms. The number of carbonyl (C=O) groups is 1. The van der Waals surface area contributed by atoms with Crippen molar-refractivity contribution in [1.29, 1.82) is 0 Å². The Bertz CT molecular complexity index is 692. The summed E-state index contributed by atoms with van der Waals surface area (Å²) in [5.74, 6) is 0.251. The second kappa shape index (κ2) is 5.90. The van der Waals surface area contributed by atoms with Crippen LogP contribution in [0.3, 0.4) is 0 Å². The van der Waals surface area contributed by atoms with Crippen LogP contribution in [0.1, 0.15) is 5.56 Å². The number of hydrazone groups is 1. The van der Waals surface area contributed by atoms with E-state index in [1.54, 1.807) is 11.9 Å². The van der Waals surface area contributed by atoms with E-state index in [9.17, 15) is 4.79 Å². The van der Waals surface area contributed by atoms with Gasteiger partial charge in [0.15, 0.2) is 5.84 Å². The summed E-state index contributed by atoms with van der Waals surface area (Å²) in [4.78, 5) is 19.7. The van der Waals surface area contributed by atoms with E-state index >= 15 is 0 Å². The third kappa shape index (κ3) is 2.66. The molecule has 0 unspecified atom stereocenters. The Morgan fingerprint density at radius 2 is 1.73 bits per heavy atom. The van der Waals surface area contributed by atoms with E-state index in [1.165, 1.54) is 5.01 Å². The summed E-state index contributed by atoms with van der Waals surface area (Å²) < 4.78 is 0. The molecule has 0 saturated carbocycles. The number of carbonyl (C=O) groups excluding carboxylic acids is 1. The van der Waals surface area contributed by atoms with Gasteiger partial charge in [-0.25, -0.2) is 9.85 Å². The maximum atomic E-state index is 12.3. The summed E-state index contributed by atoms with van der Waals surface area (Å²) in [6.45, 7) is 7.50. The number of amidine groups is 1. The van der Waals surface area contributed by atoms with Gasteiger partial charge in [-0.2, -0.15) is 5.10 Å². The zero-order valence-electron chi connectivity index (χ0n) is 13.5. The lowest BCUT2D eigenvalue weighted by Crippen LogP contribution is -2.25. The first-order chi connectivity index (χ1) is 10.4. The van der Waals surface area contributed by atoms with Gasteiger partial charge in [0.25, 0.3) is 5.91 Å². The minimum atomic E-state index is -0.258. The van der Waals surface area contributed by atoms with Crippen molar-refractivity contribution in [3.63, 3.8) is 0 Å². The molecular weight excluding hydrogens is 278 g/mol. The molecule has 1 aliphatic rings. The van der Waals surface area contributed by atoms with Crippen molar-refractivity contribution in [3.05, 3.63) is 46.8 Å². The minimum absolute atomic E-state index is 0.258. The van der Waals surface area contributed by atoms with Crippen LogP contribution < -0.4 is 4.90 Å². The van der Waals surface area contributed by atoms with Crippen LogP contribution in [0.5, 0.6) is 0 Å². The monoisotopic (exact) mass is 297 g/mol. The molecule has 0 fully saturated rings. The maximum Gasteiger partial charge on any atom is 0.267 e. The Hall–Kier alpha value is -2.81. The smallest absolute Gasteiger partial charge is 0.267 e. The van der Waals surface area contributed by atoms with E-state index in [0.717, 1.165) is 5.69 Å². The lowest BCUT2D eigenvalue weighted by atomic mass is 10.0. The predicted molar refractivity (Wildman–Crippen MR) is 88.2 cm³/mol. The summed E-state index contributed by atoms with van der Waals surface area (Å²) in [5, 5.41) is 5.48. The van der Waals surface area contributed by atoms with Crippen LogP contribution in [0.25, 0.3) is 10.5 Å². The molecule has 1 amide bonds. The van der Waals surface area contributed by atoms with Gasteiger partial charge < -0.3 is 9.80 Å². The fourth-order valence-electron chi connectivity index (χ4n) is 2.20. The number of hydrogen-bond acceptors (Lipinski definition) is 4. The number of likely N-dealkylation sites (N-methyl/N-ethyl adjacent to an activating group) is 2. The average molecular weight is 297 g/mol. The number of amides is 1. The summed E-state index contributed by atoms with van der Waals surface area (Å²) in [7, 11) is 9.12. The van der Waals surface area contributed by atoms with Gasteiger partial charge >= 0.3 is 0 Å². The van der Waals surface area contributed by atoms with Crippen molar-refractivity contribution in [3.8, 4) is 0 Å². The van der Waals surface area contributed by atoms with Crippen LogP contribution in [0.4, 0.5) is 5.69 Å².